The molecule has 0 fully saturated rings. The second-order valence-electron chi connectivity index (χ2n) is 2.16. The molecule has 13 heavy (non-hydrogen) atoms. The van der Waals surface area contributed by atoms with Crippen molar-refractivity contribution >= 4 is 46.6 Å². The first-order valence-corrected chi connectivity index (χ1v) is 4.26. The van der Waals surface area contributed by atoms with Crippen molar-refractivity contribution in [1.29, 1.82) is 0 Å². The molecule has 1 aromatic rings. The summed E-state index contributed by atoms with van der Waals surface area (Å²) < 4.78 is 0. The molecule has 0 aromatic heterocycles. The zero-order chi connectivity index (χ0) is 10.0. The highest BCUT2D eigenvalue weighted by Crippen LogP contribution is 2.33. The van der Waals surface area contributed by atoms with E-state index in [2.05, 4.69) is 0 Å². The van der Waals surface area contributed by atoms with E-state index in [1.807, 2.05) is 5.32 Å². The molecule has 1 amide bonds. The van der Waals surface area contributed by atoms with Gasteiger partial charge in [-0.25, -0.2) is 9.90 Å². The third kappa shape index (κ3) is 2.66. The smallest absolute Gasteiger partial charge is 0.285 e. The number of nitrogens with one attached hydrogen (secondary N) is 1. The standard InChI is InChI=1S/C7H3Cl3NO2/c8-3-1-4(9)6(5(10)2-3)11-7(12)13/h1-2,11H. The molecule has 0 bridgehead atoms. The summed E-state index contributed by atoms with van der Waals surface area (Å²) in [5.74, 6) is 0. The van der Waals surface area contributed by atoms with Gasteiger partial charge >= 0.3 is 6.09 Å². The molecule has 0 spiro atoms. The van der Waals surface area contributed by atoms with Crippen LogP contribution in [0.1, 0.15) is 0 Å². The molecular formula is C7H3Cl3NO2. The van der Waals surface area contributed by atoms with Gasteiger partial charge in [0.1, 0.15) is 0 Å². The van der Waals surface area contributed by atoms with E-state index in [9.17, 15) is 9.90 Å². The summed E-state index contributed by atoms with van der Waals surface area (Å²) in [7, 11) is 0. The summed E-state index contributed by atoms with van der Waals surface area (Å²) in [6.45, 7) is 0. The molecule has 1 N–H and O–H groups in total. The molecule has 0 saturated carbocycles. The lowest BCUT2D eigenvalue weighted by atomic mass is 10.3. The van der Waals surface area contributed by atoms with Crippen LogP contribution in [0.4, 0.5) is 10.5 Å². The van der Waals surface area contributed by atoms with E-state index >= 15 is 0 Å². The van der Waals surface area contributed by atoms with Gasteiger partial charge in [0.25, 0.3) is 0 Å². The van der Waals surface area contributed by atoms with Crippen LogP contribution in [0.5, 0.6) is 0 Å². The second kappa shape index (κ2) is 4.05. The third-order valence-electron chi connectivity index (χ3n) is 1.23. The Bertz CT molecular complexity index is 331. The Hall–Kier alpha value is -0.640. The van der Waals surface area contributed by atoms with Crippen molar-refractivity contribution in [3.63, 3.8) is 0 Å². The number of benzene rings is 1. The van der Waals surface area contributed by atoms with Crippen LogP contribution in [-0.2, 0) is 5.11 Å². The van der Waals surface area contributed by atoms with Crippen molar-refractivity contribution in [2.45, 2.75) is 0 Å². The predicted octanol–water partition coefficient (Wildman–Crippen LogP) is 3.61. The molecule has 6 heteroatoms. The summed E-state index contributed by atoms with van der Waals surface area (Å²) in [5.41, 5.74) is 0.0766. The van der Waals surface area contributed by atoms with Gasteiger partial charge < -0.3 is 0 Å². The van der Waals surface area contributed by atoms with E-state index in [0.29, 0.717) is 5.02 Å². The lowest BCUT2D eigenvalue weighted by molar-refractivity contribution is 0.185. The molecule has 0 aliphatic heterocycles. The molecule has 0 heterocycles. The minimum absolute atomic E-state index is 0.0766. The summed E-state index contributed by atoms with van der Waals surface area (Å²) >= 11 is 16.9. The Morgan fingerprint density at radius 2 is 1.62 bits per heavy atom. The van der Waals surface area contributed by atoms with Gasteiger partial charge in [-0.3, -0.25) is 5.32 Å². The van der Waals surface area contributed by atoms with Crippen molar-refractivity contribution in [3.05, 3.63) is 27.2 Å². The second-order valence-corrected chi connectivity index (χ2v) is 3.41. The molecule has 69 valence electrons. The maximum atomic E-state index is 10.2. The van der Waals surface area contributed by atoms with E-state index in [4.69, 9.17) is 34.8 Å². The van der Waals surface area contributed by atoms with Crippen molar-refractivity contribution in [3.8, 4) is 0 Å². The first-order chi connectivity index (χ1) is 6.00. The van der Waals surface area contributed by atoms with Gasteiger partial charge in [-0.05, 0) is 12.1 Å². The molecule has 0 aliphatic carbocycles. The monoisotopic (exact) mass is 238 g/mol. The van der Waals surface area contributed by atoms with E-state index in [0.717, 1.165) is 0 Å². The van der Waals surface area contributed by atoms with Crippen molar-refractivity contribution < 1.29 is 9.90 Å². The van der Waals surface area contributed by atoms with Gasteiger partial charge in [0.2, 0.25) is 0 Å². The van der Waals surface area contributed by atoms with Gasteiger partial charge in [0.05, 0.1) is 15.7 Å². The van der Waals surface area contributed by atoms with Gasteiger partial charge in [0.15, 0.2) is 0 Å². The molecule has 1 radical (unpaired) electrons. The van der Waals surface area contributed by atoms with Crippen molar-refractivity contribution in [2.75, 3.05) is 5.32 Å². The quantitative estimate of drug-likeness (QED) is 0.799. The topological polar surface area (TPSA) is 49.0 Å². The maximum Gasteiger partial charge on any atom is 0.455 e. The Labute approximate surface area is 89.2 Å². The van der Waals surface area contributed by atoms with E-state index < -0.39 is 6.09 Å². The molecule has 0 aliphatic rings. The average molecular weight is 239 g/mol. The number of carbonyl (C=O) groups is 1. The van der Waals surface area contributed by atoms with Gasteiger partial charge in [-0.15, -0.1) is 0 Å². The van der Waals surface area contributed by atoms with E-state index in [-0.39, 0.29) is 15.7 Å². The molecule has 1 rings (SSSR count). The van der Waals surface area contributed by atoms with Crippen LogP contribution in [0.25, 0.3) is 0 Å². The van der Waals surface area contributed by atoms with Gasteiger partial charge in [-0.1, -0.05) is 34.8 Å². The molecule has 0 saturated heterocycles. The number of carbonyl (C=O) groups excluding carboxylic acids is 1. The minimum Gasteiger partial charge on any atom is -0.285 e. The van der Waals surface area contributed by atoms with Crippen LogP contribution in [0, 0.1) is 0 Å². The SMILES string of the molecule is [O]C(=O)Nc1c(Cl)cc(Cl)cc1Cl. The first-order valence-electron chi connectivity index (χ1n) is 3.13. The summed E-state index contributed by atoms with van der Waals surface area (Å²) in [6.07, 6.45) is -1.48. The number of hydrogen-bond acceptors (Lipinski definition) is 1. The number of hydrogen-bond donors (Lipinski definition) is 1. The van der Waals surface area contributed by atoms with Crippen molar-refractivity contribution in [1.82, 2.24) is 0 Å². The van der Waals surface area contributed by atoms with Gasteiger partial charge in [0, 0.05) is 5.02 Å². The fourth-order valence-corrected chi connectivity index (χ4v) is 1.68. The largest absolute Gasteiger partial charge is 0.455 e. The highest BCUT2D eigenvalue weighted by atomic mass is 35.5. The predicted molar refractivity (Wildman–Crippen MR) is 51.2 cm³/mol. The normalized spacial score (nSPS) is 9.77. The number of rotatable bonds is 1. The number of amides is 1. The lowest BCUT2D eigenvalue weighted by Crippen LogP contribution is -2.06. The Balaban J connectivity index is 3.13. The summed E-state index contributed by atoms with van der Waals surface area (Å²) in [5, 5.41) is 12.7. The molecule has 1 aromatic carbocycles. The summed E-state index contributed by atoms with van der Waals surface area (Å²) in [4.78, 5) is 10.2. The fourth-order valence-electron chi connectivity index (χ4n) is 0.764. The molecule has 0 atom stereocenters. The highest BCUT2D eigenvalue weighted by molar-refractivity contribution is 6.42. The Morgan fingerprint density at radius 1 is 1.15 bits per heavy atom. The van der Waals surface area contributed by atoms with Crippen LogP contribution >= 0.6 is 34.8 Å². The fraction of sp³-hybridized carbons (Fsp3) is 0. The highest BCUT2D eigenvalue weighted by Gasteiger charge is 2.10. The number of anilines is 1. The first kappa shape index (κ1) is 10.4. The van der Waals surface area contributed by atoms with Crippen LogP contribution in [-0.4, -0.2) is 6.09 Å². The van der Waals surface area contributed by atoms with Crippen LogP contribution < -0.4 is 5.32 Å². The zero-order valence-electron chi connectivity index (χ0n) is 6.11. The third-order valence-corrected chi connectivity index (χ3v) is 2.05. The molecule has 3 nitrogen and oxygen atoms in total. The molecular weight excluding hydrogens is 236 g/mol. The van der Waals surface area contributed by atoms with Crippen molar-refractivity contribution in [2.24, 2.45) is 0 Å². The zero-order valence-corrected chi connectivity index (χ0v) is 8.37. The lowest BCUT2D eigenvalue weighted by Gasteiger charge is -2.05. The molecule has 0 unspecified atom stereocenters. The maximum absolute atomic E-state index is 10.2. The number of halogens is 3. The van der Waals surface area contributed by atoms with Crippen LogP contribution in [0.15, 0.2) is 12.1 Å². The van der Waals surface area contributed by atoms with Crippen LogP contribution in [0.3, 0.4) is 0 Å². The van der Waals surface area contributed by atoms with Gasteiger partial charge in [-0.2, -0.15) is 0 Å². The average Bonchev–Trinajstić information content (AvgIpc) is 1.96. The minimum atomic E-state index is -1.48. The summed E-state index contributed by atoms with van der Waals surface area (Å²) in [6, 6.07) is 2.75. The van der Waals surface area contributed by atoms with Crippen LogP contribution in [0.2, 0.25) is 15.1 Å². The van der Waals surface area contributed by atoms with E-state index in [1.54, 1.807) is 0 Å². The Kier molecular flexibility index (Phi) is 3.25. The van der Waals surface area contributed by atoms with E-state index in [1.165, 1.54) is 12.1 Å². The Morgan fingerprint density at radius 3 is 2.00 bits per heavy atom.